The highest BCUT2D eigenvalue weighted by Crippen LogP contribution is 2.18. The standard InChI is InChI=1S/C18H28N4O4.HI/c1-3-19-18(21-10-4-5-14(2)12-21)20-11-16(23)13-26-17-8-6-15(7-9-17)22(24)25;/h6-9,14,16,23H,3-5,10-13H2,1-2H3,(H,19,20);1H. The number of hydrogen-bond donors (Lipinski definition) is 2. The summed E-state index contributed by atoms with van der Waals surface area (Å²) in [4.78, 5) is 16.9. The second-order valence-electron chi connectivity index (χ2n) is 6.60. The molecule has 0 bridgehead atoms. The molecule has 2 N–H and O–H groups in total. The number of aliphatic hydroxyl groups is 1. The van der Waals surface area contributed by atoms with Crippen LogP contribution >= 0.6 is 24.0 Å². The van der Waals surface area contributed by atoms with E-state index < -0.39 is 11.0 Å². The molecule has 1 aliphatic rings. The lowest BCUT2D eigenvalue weighted by molar-refractivity contribution is -0.384. The second kappa shape index (κ2) is 12.0. The van der Waals surface area contributed by atoms with Crippen molar-refractivity contribution in [1.29, 1.82) is 0 Å². The van der Waals surface area contributed by atoms with Crippen molar-refractivity contribution >= 4 is 35.6 Å². The van der Waals surface area contributed by atoms with E-state index in [1.807, 2.05) is 6.92 Å². The Balaban J connectivity index is 0.00000364. The van der Waals surface area contributed by atoms with Crippen LogP contribution in [0.2, 0.25) is 0 Å². The monoisotopic (exact) mass is 492 g/mol. The zero-order chi connectivity index (χ0) is 18.9. The Morgan fingerprint density at radius 2 is 2.19 bits per heavy atom. The number of benzene rings is 1. The lowest BCUT2D eigenvalue weighted by Crippen LogP contribution is -2.46. The van der Waals surface area contributed by atoms with E-state index in [-0.39, 0.29) is 42.8 Å². The fourth-order valence-electron chi connectivity index (χ4n) is 2.91. The average molecular weight is 492 g/mol. The van der Waals surface area contributed by atoms with E-state index in [0.29, 0.717) is 11.7 Å². The number of nitro groups is 1. The summed E-state index contributed by atoms with van der Waals surface area (Å²) in [6.07, 6.45) is 1.64. The van der Waals surface area contributed by atoms with Gasteiger partial charge >= 0.3 is 0 Å². The SMILES string of the molecule is CCNC(=NCC(O)COc1ccc([N+](=O)[O-])cc1)N1CCCC(C)C1.I. The summed E-state index contributed by atoms with van der Waals surface area (Å²) < 4.78 is 5.48. The van der Waals surface area contributed by atoms with Gasteiger partial charge in [0.05, 0.1) is 11.5 Å². The summed E-state index contributed by atoms with van der Waals surface area (Å²) in [5, 5.41) is 24.0. The first-order valence-corrected chi connectivity index (χ1v) is 9.08. The molecule has 0 aromatic heterocycles. The van der Waals surface area contributed by atoms with Crippen LogP contribution in [0, 0.1) is 16.0 Å². The Morgan fingerprint density at radius 3 is 2.78 bits per heavy atom. The number of nitrogens with zero attached hydrogens (tertiary/aromatic N) is 3. The number of likely N-dealkylation sites (tertiary alicyclic amines) is 1. The first-order chi connectivity index (χ1) is 12.5. The van der Waals surface area contributed by atoms with E-state index >= 15 is 0 Å². The van der Waals surface area contributed by atoms with E-state index in [2.05, 4.69) is 22.1 Å². The molecular weight excluding hydrogens is 463 g/mol. The maximum absolute atomic E-state index is 10.6. The fourth-order valence-corrected chi connectivity index (χ4v) is 2.91. The van der Waals surface area contributed by atoms with Crippen molar-refractivity contribution in [3.63, 3.8) is 0 Å². The Labute approximate surface area is 177 Å². The van der Waals surface area contributed by atoms with Crippen molar-refractivity contribution in [2.45, 2.75) is 32.8 Å². The van der Waals surface area contributed by atoms with E-state index in [9.17, 15) is 15.2 Å². The number of ether oxygens (including phenoxy) is 1. The third kappa shape index (κ3) is 7.87. The molecule has 8 nitrogen and oxygen atoms in total. The Morgan fingerprint density at radius 1 is 1.48 bits per heavy atom. The number of guanidine groups is 1. The van der Waals surface area contributed by atoms with Crippen molar-refractivity contribution in [3.05, 3.63) is 34.4 Å². The molecule has 152 valence electrons. The van der Waals surface area contributed by atoms with Crippen LogP contribution in [0.15, 0.2) is 29.3 Å². The summed E-state index contributed by atoms with van der Waals surface area (Å²) in [6.45, 7) is 7.31. The summed E-state index contributed by atoms with van der Waals surface area (Å²) in [6, 6.07) is 5.79. The number of nitrogens with one attached hydrogen (secondary N) is 1. The predicted molar refractivity (Wildman–Crippen MR) is 116 cm³/mol. The van der Waals surface area contributed by atoms with Gasteiger partial charge in [-0.3, -0.25) is 15.1 Å². The molecule has 0 aliphatic carbocycles. The molecule has 1 aromatic carbocycles. The molecule has 2 rings (SSSR count). The van der Waals surface area contributed by atoms with E-state index in [1.54, 1.807) is 0 Å². The maximum atomic E-state index is 10.6. The molecule has 1 fully saturated rings. The Kier molecular flexibility index (Phi) is 10.4. The highest BCUT2D eigenvalue weighted by molar-refractivity contribution is 14.0. The third-order valence-corrected chi connectivity index (χ3v) is 4.23. The van der Waals surface area contributed by atoms with Gasteiger partial charge in [0.15, 0.2) is 5.96 Å². The molecular formula is C18H29IN4O4. The molecule has 0 radical (unpaired) electrons. The number of non-ortho nitro benzene ring substituents is 1. The molecule has 0 spiro atoms. The number of aliphatic imine (C=N–C) groups is 1. The van der Waals surface area contributed by atoms with Crippen LogP contribution in [0.5, 0.6) is 5.75 Å². The van der Waals surface area contributed by atoms with Crippen LogP contribution in [0.25, 0.3) is 0 Å². The van der Waals surface area contributed by atoms with Gasteiger partial charge in [0.1, 0.15) is 18.5 Å². The minimum atomic E-state index is -0.749. The molecule has 0 saturated carbocycles. The number of aliphatic hydroxyl groups excluding tert-OH is 1. The molecule has 9 heteroatoms. The van der Waals surface area contributed by atoms with Crippen molar-refractivity contribution in [3.8, 4) is 5.75 Å². The summed E-state index contributed by atoms with van der Waals surface area (Å²) in [5.41, 5.74) is 0.00791. The van der Waals surface area contributed by atoms with Gasteiger partial charge in [-0.1, -0.05) is 6.92 Å². The zero-order valence-electron chi connectivity index (χ0n) is 15.8. The summed E-state index contributed by atoms with van der Waals surface area (Å²) >= 11 is 0. The maximum Gasteiger partial charge on any atom is 0.269 e. The second-order valence-corrected chi connectivity index (χ2v) is 6.60. The van der Waals surface area contributed by atoms with E-state index in [4.69, 9.17) is 4.74 Å². The number of hydrogen-bond acceptors (Lipinski definition) is 5. The van der Waals surface area contributed by atoms with Crippen LogP contribution < -0.4 is 10.1 Å². The van der Waals surface area contributed by atoms with Gasteiger partial charge in [-0.25, -0.2) is 0 Å². The molecule has 2 atom stereocenters. The number of piperidine rings is 1. The molecule has 27 heavy (non-hydrogen) atoms. The van der Waals surface area contributed by atoms with E-state index in [1.165, 1.54) is 30.7 Å². The molecule has 1 heterocycles. The minimum absolute atomic E-state index is 0. The van der Waals surface area contributed by atoms with Crippen LogP contribution in [0.4, 0.5) is 5.69 Å². The van der Waals surface area contributed by atoms with Gasteiger partial charge in [0, 0.05) is 31.8 Å². The number of rotatable bonds is 7. The van der Waals surface area contributed by atoms with Gasteiger partial charge in [-0.05, 0) is 37.8 Å². The lowest BCUT2D eigenvalue weighted by atomic mass is 10.0. The van der Waals surface area contributed by atoms with Crippen LogP contribution in [-0.2, 0) is 0 Å². The largest absolute Gasteiger partial charge is 0.491 e. The quantitative estimate of drug-likeness (QED) is 0.200. The van der Waals surface area contributed by atoms with Crippen LogP contribution in [0.1, 0.15) is 26.7 Å². The topological polar surface area (TPSA) is 100 Å². The first kappa shape index (κ1) is 23.4. The van der Waals surface area contributed by atoms with Gasteiger partial charge in [-0.2, -0.15) is 0 Å². The fraction of sp³-hybridized carbons (Fsp3) is 0.611. The summed E-state index contributed by atoms with van der Waals surface area (Å²) in [7, 11) is 0. The van der Waals surface area contributed by atoms with Gasteiger partial charge < -0.3 is 20.1 Å². The van der Waals surface area contributed by atoms with Crippen molar-refractivity contribution in [2.75, 3.05) is 32.8 Å². The lowest BCUT2D eigenvalue weighted by Gasteiger charge is -2.33. The molecule has 1 aliphatic heterocycles. The number of nitro benzene ring substituents is 1. The highest BCUT2D eigenvalue weighted by atomic mass is 127. The zero-order valence-corrected chi connectivity index (χ0v) is 18.2. The summed E-state index contributed by atoms with van der Waals surface area (Å²) in [5.74, 6) is 1.95. The molecule has 1 saturated heterocycles. The highest BCUT2D eigenvalue weighted by Gasteiger charge is 2.19. The van der Waals surface area contributed by atoms with Gasteiger partial charge in [0.2, 0.25) is 0 Å². The van der Waals surface area contributed by atoms with Crippen molar-refractivity contribution in [2.24, 2.45) is 10.9 Å². The predicted octanol–water partition coefficient (Wildman–Crippen LogP) is 2.65. The Bertz CT molecular complexity index is 612. The van der Waals surface area contributed by atoms with Gasteiger partial charge in [0.25, 0.3) is 5.69 Å². The molecule has 1 aromatic rings. The van der Waals surface area contributed by atoms with E-state index in [0.717, 1.165) is 32.0 Å². The first-order valence-electron chi connectivity index (χ1n) is 9.08. The van der Waals surface area contributed by atoms with Crippen LogP contribution in [-0.4, -0.2) is 59.8 Å². The smallest absolute Gasteiger partial charge is 0.269 e. The molecule has 0 amide bonds. The number of halogens is 1. The van der Waals surface area contributed by atoms with Crippen molar-refractivity contribution < 1.29 is 14.8 Å². The normalized spacial score (nSPS) is 18.4. The third-order valence-electron chi connectivity index (χ3n) is 4.23. The minimum Gasteiger partial charge on any atom is -0.491 e. The van der Waals surface area contributed by atoms with Crippen LogP contribution in [0.3, 0.4) is 0 Å². The average Bonchev–Trinajstić information content (AvgIpc) is 2.63. The Hall–Kier alpha value is -1.62. The molecule has 2 unspecified atom stereocenters. The van der Waals surface area contributed by atoms with Gasteiger partial charge in [-0.15, -0.1) is 24.0 Å². The van der Waals surface area contributed by atoms with Crippen molar-refractivity contribution in [1.82, 2.24) is 10.2 Å².